The third-order valence-corrected chi connectivity index (χ3v) is 2.49. The maximum absolute atomic E-state index is 12.8. The van der Waals surface area contributed by atoms with Gasteiger partial charge < -0.3 is 5.73 Å². The van der Waals surface area contributed by atoms with Crippen LogP contribution < -0.4 is 5.73 Å². The predicted octanol–water partition coefficient (Wildman–Crippen LogP) is 2.87. The van der Waals surface area contributed by atoms with Crippen molar-refractivity contribution in [2.75, 3.05) is 0 Å². The smallest absolute Gasteiger partial charge is 0.123 e. The third-order valence-electron chi connectivity index (χ3n) is 2.49. The lowest BCUT2D eigenvalue weighted by molar-refractivity contribution is 0.455. The number of hydrogen-bond donors (Lipinski definition) is 1. The van der Waals surface area contributed by atoms with Gasteiger partial charge in [0.25, 0.3) is 0 Å². The van der Waals surface area contributed by atoms with Gasteiger partial charge in [-0.3, -0.25) is 0 Å². The molecule has 0 bridgehead atoms. The minimum atomic E-state index is -0.212. The summed E-state index contributed by atoms with van der Waals surface area (Å²) in [4.78, 5) is 0. The zero-order chi connectivity index (χ0) is 9.84. The molecule has 0 aromatic heterocycles. The van der Waals surface area contributed by atoms with E-state index in [9.17, 15) is 4.39 Å². The molecule has 0 fully saturated rings. The quantitative estimate of drug-likeness (QED) is 0.762. The lowest BCUT2D eigenvalue weighted by atomic mass is 9.93. The minimum Gasteiger partial charge on any atom is -0.324 e. The molecule has 1 aromatic rings. The largest absolute Gasteiger partial charge is 0.324 e. The number of hydrogen-bond acceptors (Lipinski definition) is 1. The summed E-state index contributed by atoms with van der Waals surface area (Å²) in [5.41, 5.74) is 6.83. The van der Waals surface area contributed by atoms with E-state index in [1.54, 1.807) is 6.07 Å². The van der Waals surface area contributed by atoms with E-state index in [-0.39, 0.29) is 11.9 Å². The zero-order valence-electron chi connectivity index (χ0n) is 8.13. The Morgan fingerprint density at radius 3 is 2.69 bits per heavy atom. The Kier molecular flexibility index (Phi) is 3.43. The van der Waals surface area contributed by atoms with Crippen LogP contribution in [0, 0.1) is 11.7 Å². The van der Waals surface area contributed by atoms with E-state index in [4.69, 9.17) is 5.73 Å². The highest BCUT2D eigenvalue weighted by atomic mass is 19.1. The second-order valence-corrected chi connectivity index (χ2v) is 3.47. The summed E-state index contributed by atoms with van der Waals surface area (Å²) in [6, 6.07) is 6.47. The first-order valence-corrected chi connectivity index (χ1v) is 4.66. The SMILES string of the molecule is CCC(C)C(N)c1cccc(F)c1. The number of halogens is 1. The van der Waals surface area contributed by atoms with Crippen molar-refractivity contribution in [3.63, 3.8) is 0 Å². The number of benzene rings is 1. The van der Waals surface area contributed by atoms with Crippen molar-refractivity contribution in [1.82, 2.24) is 0 Å². The molecule has 13 heavy (non-hydrogen) atoms. The maximum Gasteiger partial charge on any atom is 0.123 e. The molecule has 72 valence electrons. The molecule has 0 aliphatic carbocycles. The van der Waals surface area contributed by atoms with E-state index in [0.717, 1.165) is 12.0 Å². The van der Waals surface area contributed by atoms with Crippen molar-refractivity contribution in [2.24, 2.45) is 11.7 Å². The summed E-state index contributed by atoms with van der Waals surface area (Å²) >= 11 is 0. The topological polar surface area (TPSA) is 26.0 Å². The Morgan fingerprint density at radius 1 is 1.46 bits per heavy atom. The number of nitrogens with two attached hydrogens (primary N) is 1. The van der Waals surface area contributed by atoms with Gasteiger partial charge in [-0.15, -0.1) is 0 Å². The van der Waals surface area contributed by atoms with E-state index in [0.29, 0.717) is 5.92 Å². The summed E-state index contributed by atoms with van der Waals surface area (Å²) in [6.45, 7) is 4.17. The van der Waals surface area contributed by atoms with Gasteiger partial charge in [-0.25, -0.2) is 4.39 Å². The standard InChI is InChI=1S/C11H16FN/c1-3-8(2)11(13)9-5-4-6-10(12)7-9/h4-8,11H,3,13H2,1-2H3. The first-order valence-electron chi connectivity index (χ1n) is 4.66. The van der Waals surface area contributed by atoms with Crippen LogP contribution in [-0.4, -0.2) is 0 Å². The van der Waals surface area contributed by atoms with E-state index in [2.05, 4.69) is 13.8 Å². The fraction of sp³-hybridized carbons (Fsp3) is 0.455. The van der Waals surface area contributed by atoms with Crippen LogP contribution in [0.15, 0.2) is 24.3 Å². The van der Waals surface area contributed by atoms with E-state index in [1.807, 2.05) is 6.07 Å². The average molecular weight is 181 g/mol. The highest BCUT2D eigenvalue weighted by Gasteiger charge is 2.12. The molecule has 0 aliphatic rings. The van der Waals surface area contributed by atoms with Crippen LogP contribution in [0.5, 0.6) is 0 Å². The van der Waals surface area contributed by atoms with Gasteiger partial charge in [0, 0.05) is 6.04 Å². The van der Waals surface area contributed by atoms with Gasteiger partial charge in [0.1, 0.15) is 5.82 Å². The van der Waals surface area contributed by atoms with E-state index in [1.165, 1.54) is 12.1 Å². The monoisotopic (exact) mass is 181 g/mol. The van der Waals surface area contributed by atoms with Crippen molar-refractivity contribution in [1.29, 1.82) is 0 Å². The van der Waals surface area contributed by atoms with E-state index >= 15 is 0 Å². The van der Waals surface area contributed by atoms with Gasteiger partial charge in [-0.2, -0.15) is 0 Å². The highest BCUT2D eigenvalue weighted by molar-refractivity contribution is 5.20. The molecule has 0 saturated heterocycles. The molecule has 2 heteroatoms. The molecule has 1 nitrogen and oxygen atoms in total. The first kappa shape index (κ1) is 10.2. The fourth-order valence-corrected chi connectivity index (χ4v) is 1.30. The molecule has 1 rings (SSSR count). The molecular formula is C11H16FN. The van der Waals surface area contributed by atoms with Gasteiger partial charge in [0.2, 0.25) is 0 Å². The van der Waals surface area contributed by atoms with Crippen molar-refractivity contribution in [3.05, 3.63) is 35.6 Å². The van der Waals surface area contributed by atoms with Crippen molar-refractivity contribution in [2.45, 2.75) is 26.3 Å². The van der Waals surface area contributed by atoms with Crippen LogP contribution in [0.1, 0.15) is 31.9 Å². The van der Waals surface area contributed by atoms with Crippen LogP contribution in [0.3, 0.4) is 0 Å². The first-order chi connectivity index (χ1) is 6.15. The molecule has 2 atom stereocenters. The maximum atomic E-state index is 12.8. The molecule has 0 amide bonds. The molecule has 0 saturated carbocycles. The van der Waals surface area contributed by atoms with Crippen LogP contribution in [0.2, 0.25) is 0 Å². The summed E-state index contributed by atoms with van der Waals surface area (Å²) in [5.74, 6) is 0.179. The molecular weight excluding hydrogens is 165 g/mol. The fourth-order valence-electron chi connectivity index (χ4n) is 1.30. The highest BCUT2D eigenvalue weighted by Crippen LogP contribution is 2.21. The van der Waals surface area contributed by atoms with Crippen LogP contribution in [0.4, 0.5) is 4.39 Å². The van der Waals surface area contributed by atoms with Crippen molar-refractivity contribution < 1.29 is 4.39 Å². The Balaban J connectivity index is 2.82. The molecule has 0 aliphatic heterocycles. The van der Waals surface area contributed by atoms with Crippen LogP contribution in [-0.2, 0) is 0 Å². The molecule has 2 unspecified atom stereocenters. The number of rotatable bonds is 3. The molecule has 2 N–H and O–H groups in total. The Labute approximate surface area is 78.8 Å². The van der Waals surface area contributed by atoms with Gasteiger partial charge in [0.05, 0.1) is 0 Å². The Morgan fingerprint density at radius 2 is 2.15 bits per heavy atom. The van der Waals surface area contributed by atoms with Crippen molar-refractivity contribution in [3.8, 4) is 0 Å². The lowest BCUT2D eigenvalue weighted by Gasteiger charge is -2.18. The molecule has 0 spiro atoms. The zero-order valence-corrected chi connectivity index (χ0v) is 8.13. The Bertz CT molecular complexity index is 273. The van der Waals surface area contributed by atoms with Gasteiger partial charge in [-0.1, -0.05) is 32.4 Å². The van der Waals surface area contributed by atoms with Crippen molar-refractivity contribution >= 4 is 0 Å². The van der Waals surface area contributed by atoms with Crippen LogP contribution in [0.25, 0.3) is 0 Å². The second-order valence-electron chi connectivity index (χ2n) is 3.47. The third kappa shape index (κ3) is 2.52. The van der Waals surface area contributed by atoms with Gasteiger partial charge in [-0.05, 0) is 23.6 Å². The molecule has 0 heterocycles. The normalized spacial score (nSPS) is 15.4. The summed E-state index contributed by atoms with van der Waals surface area (Å²) in [5, 5.41) is 0. The second kappa shape index (κ2) is 4.38. The van der Waals surface area contributed by atoms with Gasteiger partial charge in [0.15, 0.2) is 0 Å². The predicted molar refractivity (Wildman–Crippen MR) is 52.8 cm³/mol. The molecule has 0 radical (unpaired) electrons. The summed E-state index contributed by atoms with van der Waals surface area (Å²) in [7, 11) is 0. The molecule has 1 aromatic carbocycles. The summed E-state index contributed by atoms with van der Waals surface area (Å²) < 4.78 is 12.8. The Hall–Kier alpha value is -0.890. The van der Waals surface area contributed by atoms with E-state index < -0.39 is 0 Å². The van der Waals surface area contributed by atoms with Crippen LogP contribution >= 0.6 is 0 Å². The lowest BCUT2D eigenvalue weighted by Crippen LogP contribution is -2.18. The van der Waals surface area contributed by atoms with Gasteiger partial charge >= 0.3 is 0 Å². The summed E-state index contributed by atoms with van der Waals surface area (Å²) in [6.07, 6.45) is 1.01. The minimum absolute atomic E-state index is 0.0549. The average Bonchev–Trinajstić information content (AvgIpc) is 2.15.